The Balaban J connectivity index is 2.56. The number of rotatable bonds is 1. The van der Waals surface area contributed by atoms with Crippen LogP contribution in [0.3, 0.4) is 0 Å². The van der Waals surface area contributed by atoms with Gasteiger partial charge in [-0.25, -0.2) is 5.26 Å². The molecule has 0 spiro atoms. The van der Waals surface area contributed by atoms with Crippen LogP contribution in [-0.4, -0.2) is 5.26 Å². The van der Waals surface area contributed by atoms with Crippen LogP contribution < -0.4 is 4.89 Å². The predicted octanol–water partition coefficient (Wildman–Crippen LogP) is 3.84. The lowest BCUT2D eigenvalue weighted by Crippen LogP contribution is -1.88. The van der Waals surface area contributed by atoms with Crippen molar-refractivity contribution >= 4 is 21.5 Å². The fraction of sp³-hybridized carbons (Fsp3) is 0. The van der Waals surface area contributed by atoms with Gasteiger partial charge in [-0.2, -0.15) is 0 Å². The molecule has 0 heterocycles. The third-order valence-electron chi connectivity index (χ3n) is 2.81. The first-order chi connectivity index (χ1) is 7.90. The van der Waals surface area contributed by atoms with Gasteiger partial charge >= 0.3 is 0 Å². The standard InChI is InChI=1S/C14H10O2/c15-16-14-12-7-3-1-5-10(12)9-11-6-2-4-8-13(11)14/h1-9,15H. The van der Waals surface area contributed by atoms with E-state index in [0.29, 0.717) is 5.75 Å². The van der Waals surface area contributed by atoms with Gasteiger partial charge in [-0.1, -0.05) is 48.5 Å². The van der Waals surface area contributed by atoms with Crippen molar-refractivity contribution in [2.75, 3.05) is 0 Å². The Labute approximate surface area is 92.6 Å². The molecule has 3 rings (SSSR count). The van der Waals surface area contributed by atoms with E-state index in [2.05, 4.69) is 11.0 Å². The van der Waals surface area contributed by atoms with E-state index in [0.717, 1.165) is 21.5 Å². The maximum atomic E-state index is 9.03. The predicted molar refractivity (Wildman–Crippen MR) is 64.7 cm³/mol. The zero-order valence-corrected chi connectivity index (χ0v) is 8.55. The molecule has 0 saturated carbocycles. The van der Waals surface area contributed by atoms with E-state index < -0.39 is 0 Å². The van der Waals surface area contributed by atoms with E-state index in [1.54, 1.807) is 0 Å². The summed E-state index contributed by atoms with van der Waals surface area (Å²) in [6.45, 7) is 0. The molecule has 0 radical (unpaired) electrons. The monoisotopic (exact) mass is 210 g/mol. The summed E-state index contributed by atoms with van der Waals surface area (Å²) >= 11 is 0. The van der Waals surface area contributed by atoms with E-state index in [1.807, 2.05) is 48.5 Å². The second-order valence-electron chi connectivity index (χ2n) is 3.74. The molecule has 0 unspecified atom stereocenters. The summed E-state index contributed by atoms with van der Waals surface area (Å²) < 4.78 is 0. The van der Waals surface area contributed by atoms with Crippen molar-refractivity contribution in [1.29, 1.82) is 0 Å². The van der Waals surface area contributed by atoms with Gasteiger partial charge in [-0.15, -0.1) is 0 Å². The van der Waals surface area contributed by atoms with Crippen LogP contribution in [0.1, 0.15) is 0 Å². The van der Waals surface area contributed by atoms with Crippen LogP contribution in [-0.2, 0) is 0 Å². The molecule has 0 aliphatic heterocycles. The summed E-state index contributed by atoms with van der Waals surface area (Å²) in [5.74, 6) is 0.522. The van der Waals surface area contributed by atoms with Crippen molar-refractivity contribution in [2.24, 2.45) is 0 Å². The van der Waals surface area contributed by atoms with Gasteiger partial charge in [0.05, 0.1) is 0 Å². The molecule has 78 valence electrons. The molecule has 0 atom stereocenters. The summed E-state index contributed by atoms with van der Waals surface area (Å²) in [5, 5.41) is 13.0. The highest BCUT2D eigenvalue weighted by molar-refractivity contribution is 6.05. The van der Waals surface area contributed by atoms with Crippen LogP contribution in [0.2, 0.25) is 0 Å². The Morgan fingerprint density at radius 1 is 0.750 bits per heavy atom. The molecular weight excluding hydrogens is 200 g/mol. The third-order valence-corrected chi connectivity index (χ3v) is 2.81. The first kappa shape index (κ1) is 9.19. The SMILES string of the molecule is OOc1c2ccccc2cc2ccccc12. The average molecular weight is 210 g/mol. The Morgan fingerprint density at radius 3 is 1.75 bits per heavy atom. The lowest BCUT2D eigenvalue weighted by Gasteiger charge is -2.07. The summed E-state index contributed by atoms with van der Waals surface area (Å²) in [7, 11) is 0. The molecule has 16 heavy (non-hydrogen) atoms. The molecule has 0 aromatic heterocycles. The first-order valence-corrected chi connectivity index (χ1v) is 5.12. The zero-order chi connectivity index (χ0) is 11.0. The second kappa shape index (κ2) is 3.51. The van der Waals surface area contributed by atoms with E-state index in [-0.39, 0.29) is 0 Å². The Morgan fingerprint density at radius 2 is 1.25 bits per heavy atom. The van der Waals surface area contributed by atoms with Crippen molar-refractivity contribution < 1.29 is 10.1 Å². The summed E-state index contributed by atoms with van der Waals surface area (Å²) in [6.07, 6.45) is 0. The maximum Gasteiger partial charge on any atom is 0.180 e. The minimum Gasteiger partial charge on any atom is -0.339 e. The van der Waals surface area contributed by atoms with Crippen LogP contribution in [0.15, 0.2) is 54.6 Å². The van der Waals surface area contributed by atoms with Gasteiger partial charge in [-0.3, -0.25) is 0 Å². The van der Waals surface area contributed by atoms with Gasteiger partial charge in [0.25, 0.3) is 0 Å². The quantitative estimate of drug-likeness (QED) is 0.375. The van der Waals surface area contributed by atoms with Crippen LogP contribution in [0.4, 0.5) is 0 Å². The van der Waals surface area contributed by atoms with Gasteiger partial charge in [0, 0.05) is 10.8 Å². The fourth-order valence-corrected chi connectivity index (χ4v) is 2.07. The molecule has 0 bridgehead atoms. The molecule has 0 saturated heterocycles. The van der Waals surface area contributed by atoms with Gasteiger partial charge in [0.1, 0.15) is 0 Å². The molecule has 2 heteroatoms. The maximum absolute atomic E-state index is 9.03. The van der Waals surface area contributed by atoms with Crippen LogP contribution >= 0.6 is 0 Å². The second-order valence-corrected chi connectivity index (χ2v) is 3.74. The number of hydrogen-bond acceptors (Lipinski definition) is 2. The molecule has 0 fully saturated rings. The topological polar surface area (TPSA) is 29.5 Å². The van der Waals surface area contributed by atoms with Gasteiger partial charge in [0.2, 0.25) is 0 Å². The van der Waals surface area contributed by atoms with Crippen LogP contribution in [0, 0.1) is 0 Å². The van der Waals surface area contributed by atoms with Gasteiger partial charge in [-0.05, 0) is 16.8 Å². The molecule has 3 aromatic rings. The smallest absolute Gasteiger partial charge is 0.180 e. The lowest BCUT2D eigenvalue weighted by molar-refractivity contribution is -0.134. The highest BCUT2D eigenvalue weighted by atomic mass is 17.1. The van der Waals surface area contributed by atoms with Crippen molar-refractivity contribution in [3.8, 4) is 5.75 Å². The zero-order valence-electron chi connectivity index (χ0n) is 8.55. The Hall–Kier alpha value is -2.06. The van der Waals surface area contributed by atoms with Gasteiger partial charge in [0.15, 0.2) is 5.75 Å². The molecule has 3 aromatic carbocycles. The first-order valence-electron chi connectivity index (χ1n) is 5.12. The summed E-state index contributed by atoms with van der Waals surface area (Å²) in [5.41, 5.74) is 0. The average Bonchev–Trinajstić information content (AvgIpc) is 2.36. The molecule has 2 nitrogen and oxygen atoms in total. The molecule has 0 amide bonds. The van der Waals surface area contributed by atoms with Crippen molar-refractivity contribution in [3.05, 3.63) is 54.6 Å². The van der Waals surface area contributed by atoms with Crippen molar-refractivity contribution in [3.63, 3.8) is 0 Å². The van der Waals surface area contributed by atoms with E-state index >= 15 is 0 Å². The number of fused-ring (bicyclic) bond motifs is 2. The fourth-order valence-electron chi connectivity index (χ4n) is 2.07. The molecule has 0 aliphatic rings. The summed E-state index contributed by atoms with van der Waals surface area (Å²) in [6, 6.07) is 17.8. The van der Waals surface area contributed by atoms with E-state index in [4.69, 9.17) is 5.26 Å². The van der Waals surface area contributed by atoms with Crippen LogP contribution in [0.25, 0.3) is 21.5 Å². The Kier molecular flexibility index (Phi) is 2.01. The van der Waals surface area contributed by atoms with Crippen molar-refractivity contribution in [2.45, 2.75) is 0 Å². The lowest BCUT2D eigenvalue weighted by atomic mass is 10.0. The largest absolute Gasteiger partial charge is 0.339 e. The molecular formula is C14H10O2. The Bertz CT molecular complexity index is 605. The minimum absolute atomic E-state index is 0.522. The van der Waals surface area contributed by atoms with E-state index in [9.17, 15) is 0 Å². The highest BCUT2D eigenvalue weighted by Gasteiger charge is 2.07. The number of hydrogen-bond donors (Lipinski definition) is 1. The normalized spacial score (nSPS) is 10.8. The minimum atomic E-state index is 0.522. The molecule has 1 N–H and O–H groups in total. The molecule has 0 aliphatic carbocycles. The van der Waals surface area contributed by atoms with Crippen LogP contribution in [0.5, 0.6) is 5.75 Å². The highest BCUT2D eigenvalue weighted by Crippen LogP contribution is 2.34. The third kappa shape index (κ3) is 1.24. The number of benzene rings is 3. The van der Waals surface area contributed by atoms with Crippen molar-refractivity contribution in [1.82, 2.24) is 0 Å². The summed E-state index contributed by atoms with van der Waals surface area (Å²) in [4.78, 5) is 4.54. The van der Waals surface area contributed by atoms with Gasteiger partial charge < -0.3 is 4.89 Å². The van der Waals surface area contributed by atoms with E-state index in [1.165, 1.54) is 0 Å².